The van der Waals surface area contributed by atoms with Gasteiger partial charge in [0.25, 0.3) is 5.91 Å². The summed E-state index contributed by atoms with van der Waals surface area (Å²) in [5, 5.41) is 9.27. The number of nitrogens with zero attached hydrogens (tertiary/aromatic N) is 1. The summed E-state index contributed by atoms with van der Waals surface area (Å²) >= 11 is 0. The molecule has 31 heavy (non-hydrogen) atoms. The lowest BCUT2D eigenvalue weighted by atomic mass is 9.79. The van der Waals surface area contributed by atoms with E-state index in [1.165, 1.54) is 0 Å². The van der Waals surface area contributed by atoms with E-state index in [0.29, 0.717) is 11.5 Å². The predicted octanol–water partition coefficient (Wildman–Crippen LogP) is 1.65. The molecule has 1 aromatic rings. The Balaban J connectivity index is 1.35. The van der Waals surface area contributed by atoms with Crippen LogP contribution in [0.5, 0.6) is 11.5 Å². The number of rotatable bonds is 5. The molecule has 3 heterocycles. The van der Waals surface area contributed by atoms with Gasteiger partial charge in [-0.05, 0) is 58.2 Å². The Labute approximate surface area is 181 Å². The molecular weight excluding hydrogens is 400 g/mol. The number of nitrogens with one attached hydrogen (secondary N) is 3. The fraction of sp³-hybridized carbons (Fsp3) is 0.591. The molecule has 0 bridgehead atoms. The van der Waals surface area contributed by atoms with Gasteiger partial charge >= 0.3 is 6.03 Å². The highest BCUT2D eigenvalue weighted by molar-refractivity contribution is 6.05. The number of ether oxygens (including phenoxy) is 2. The van der Waals surface area contributed by atoms with Crippen molar-refractivity contribution in [2.75, 3.05) is 6.79 Å². The summed E-state index contributed by atoms with van der Waals surface area (Å²) in [4.78, 5) is 38.9. The zero-order valence-electron chi connectivity index (χ0n) is 18.4. The van der Waals surface area contributed by atoms with Crippen LogP contribution in [-0.2, 0) is 16.1 Å². The molecule has 1 aromatic carbocycles. The van der Waals surface area contributed by atoms with E-state index in [9.17, 15) is 14.4 Å². The summed E-state index contributed by atoms with van der Waals surface area (Å²) in [5.41, 5.74) is 0.550. The van der Waals surface area contributed by atoms with Crippen molar-refractivity contribution in [3.8, 4) is 11.5 Å². The monoisotopic (exact) mass is 430 g/mol. The fourth-order valence-electron chi connectivity index (χ4n) is 4.98. The second kappa shape index (κ2) is 7.71. The number of carbonyl (C=O) groups is 3. The number of urea groups is 1. The molecule has 2 saturated heterocycles. The van der Waals surface area contributed by atoms with E-state index in [2.05, 4.69) is 43.6 Å². The van der Waals surface area contributed by atoms with Crippen molar-refractivity contribution in [1.82, 2.24) is 20.9 Å². The van der Waals surface area contributed by atoms with E-state index in [-0.39, 0.29) is 42.8 Å². The lowest BCUT2D eigenvalue weighted by Crippen LogP contribution is -2.62. The largest absolute Gasteiger partial charge is 0.454 e. The number of hydrogen-bond acceptors (Lipinski definition) is 6. The summed E-state index contributed by atoms with van der Waals surface area (Å²) in [6.45, 7) is 8.72. The lowest BCUT2D eigenvalue weighted by Gasteiger charge is -2.46. The maximum Gasteiger partial charge on any atom is 0.325 e. The number of amides is 4. The molecule has 0 unspecified atom stereocenters. The topological polar surface area (TPSA) is 109 Å². The van der Waals surface area contributed by atoms with Crippen molar-refractivity contribution in [3.05, 3.63) is 23.8 Å². The van der Waals surface area contributed by atoms with Crippen LogP contribution in [0.25, 0.3) is 0 Å². The average Bonchev–Trinajstić information content (AvgIpc) is 3.18. The highest BCUT2D eigenvalue weighted by Gasteiger charge is 2.41. The molecule has 3 aliphatic heterocycles. The molecule has 2 fully saturated rings. The summed E-state index contributed by atoms with van der Waals surface area (Å²) in [5.74, 6) is 0.596. The SMILES string of the molecule is CC1(C)CC(NC(=O)C[C@@H]2NC(=O)N(Cc3ccc4c(c3)OCO4)C2=O)CC(C)(C)N1. The molecule has 4 amide bonds. The van der Waals surface area contributed by atoms with Crippen LogP contribution < -0.4 is 25.4 Å². The molecule has 1 atom stereocenters. The van der Waals surface area contributed by atoms with Crippen LogP contribution in [0, 0.1) is 0 Å². The predicted molar refractivity (Wildman–Crippen MR) is 113 cm³/mol. The van der Waals surface area contributed by atoms with Gasteiger partial charge in [0.2, 0.25) is 12.7 Å². The standard InChI is InChI=1S/C22H30N4O5/c1-21(2)9-14(10-22(3,4)25-21)23-18(27)8-15-19(28)26(20(29)24-15)11-13-5-6-16-17(7-13)31-12-30-16/h5-7,14-15,25H,8-12H2,1-4H3,(H,23,27)(H,24,29)/t15-/m0/s1. The van der Waals surface area contributed by atoms with Gasteiger partial charge in [0.05, 0.1) is 13.0 Å². The Hall–Kier alpha value is -2.81. The van der Waals surface area contributed by atoms with E-state index in [0.717, 1.165) is 23.3 Å². The maximum absolute atomic E-state index is 12.8. The van der Waals surface area contributed by atoms with Gasteiger partial charge in [0.1, 0.15) is 6.04 Å². The minimum Gasteiger partial charge on any atom is -0.454 e. The number of hydrogen-bond donors (Lipinski definition) is 3. The molecule has 9 nitrogen and oxygen atoms in total. The summed E-state index contributed by atoms with van der Waals surface area (Å²) in [6, 6.07) is 3.95. The molecule has 0 radical (unpaired) electrons. The van der Waals surface area contributed by atoms with Crippen molar-refractivity contribution in [2.45, 2.75) is 76.7 Å². The van der Waals surface area contributed by atoms with Gasteiger partial charge in [0, 0.05) is 17.1 Å². The zero-order valence-corrected chi connectivity index (χ0v) is 18.4. The van der Waals surface area contributed by atoms with Crippen LogP contribution in [0.1, 0.15) is 52.5 Å². The third kappa shape index (κ3) is 4.76. The molecule has 9 heteroatoms. The van der Waals surface area contributed by atoms with Gasteiger partial charge < -0.3 is 25.4 Å². The minimum atomic E-state index is -0.857. The van der Waals surface area contributed by atoms with Gasteiger partial charge in [-0.2, -0.15) is 0 Å². The highest BCUT2D eigenvalue weighted by atomic mass is 16.7. The highest BCUT2D eigenvalue weighted by Crippen LogP contribution is 2.33. The molecule has 0 spiro atoms. The van der Waals surface area contributed by atoms with E-state index in [1.807, 2.05) is 0 Å². The summed E-state index contributed by atoms with van der Waals surface area (Å²) in [7, 11) is 0. The molecule has 3 aliphatic rings. The average molecular weight is 431 g/mol. The molecule has 0 aromatic heterocycles. The summed E-state index contributed by atoms with van der Waals surface area (Å²) < 4.78 is 10.6. The Morgan fingerprint density at radius 2 is 1.81 bits per heavy atom. The number of benzene rings is 1. The van der Waals surface area contributed by atoms with Crippen LogP contribution in [0.4, 0.5) is 4.79 Å². The Kier molecular flexibility index (Phi) is 5.33. The van der Waals surface area contributed by atoms with E-state index in [4.69, 9.17) is 9.47 Å². The van der Waals surface area contributed by atoms with Crippen molar-refractivity contribution in [3.63, 3.8) is 0 Å². The van der Waals surface area contributed by atoms with E-state index >= 15 is 0 Å². The van der Waals surface area contributed by atoms with Gasteiger partial charge in [-0.1, -0.05) is 6.07 Å². The van der Waals surface area contributed by atoms with Gasteiger partial charge in [-0.3, -0.25) is 14.5 Å². The molecular formula is C22H30N4O5. The number of carbonyl (C=O) groups excluding carboxylic acids is 3. The first-order valence-electron chi connectivity index (χ1n) is 10.6. The third-order valence-corrected chi connectivity index (χ3v) is 5.83. The third-order valence-electron chi connectivity index (χ3n) is 5.83. The lowest BCUT2D eigenvalue weighted by molar-refractivity contribution is -0.131. The maximum atomic E-state index is 12.8. The van der Waals surface area contributed by atoms with Crippen molar-refractivity contribution >= 4 is 17.8 Å². The number of imide groups is 1. The Morgan fingerprint density at radius 1 is 1.13 bits per heavy atom. The van der Waals surface area contributed by atoms with Crippen molar-refractivity contribution in [2.24, 2.45) is 0 Å². The number of piperidine rings is 1. The Morgan fingerprint density at radius 3 is 2.52 bits per heavy atom. The van der Waals surface area contributed by atoms with Crippen LogP contribution >= 0.6 is 0 Å². The molecule has 4 rings (SSSR count). The van der Waals surface area contributed by atoms with Crippen LogP contribution in [-0.4, -0.2) is 52.7 Å². The quantitative estimate of drug-likeness (QED) is 0.613. The minimum absolute atomic E-state index is 0.00990. The van der Waals surface area contributed by atoms with Crippen LogP contribution in [0.3, 0.4) is 0 Å². The fourth-order valence-corrected chi connectivity index (χ4v) is 4.98. The second-order valence-electron chi connectivity index (χ2n) is 9.88. The first kappa shape index (κ1) is 21.4. The van der Waals surface area contributed by atoms with Crippen LogP contribution in [0.15, 0.2) is 18.2 Å². The molecule has 3 N–H and O–H groups in total. The van der Waals surface area contributed by atoms with Crippen molar-refractivity contribution in [1.29, 1.82) is 0 Å². The summed E-state index contributed by atoms with van der Waals surface area (Å²) in [6.07, 6.45) is 1.51. The van der Waals surface area contributed by atoms with Gasteiger partial charge in [0.15, 0.2) is 11.5 Å². The first-order chi connectivity index (χ1) is 14.5. The molecule has 0 aliphatic carbocycles. The molecule has 0 saturated carbocycles. The molecule has 168 valence electrons. The van der Waals surface area contributed by atoms with Crippen molar-refractivity contribution < 1.29 is 23.9 Å². The van der Waals surface area contributed by atoms with Gasteiger partial charge in [-0.25, -0.2) is 4.79 Å². The van der Waals surface area contributed by atoms with Crippen LogP contribution in [0.2, 0.25) is 0 Å². The second-order valence-corrected chi connectivity index (χ2v) is 9.88. The van der Waals surface area contributed by atoms with E-state index < -0.39 is 18.0 Å². The van der Waals surface area contributed by atoms with E-state index in [1.54, 1.807) is 18.2 Å². The Bertz CT molecular complexity index is 897. The van der Waals surface area contributed by atoms with Gasteiger partial charge in [-0.15, -0.1) is 0 Å². The number of fused-ring (bicyclic) bond motifs is 1. The zero-order chi connectivity index (χ0) is 22.4. The normalized spacial score (nSPS) is 24.3. The first-order valence-corrected chi connectivity index (χ1v) is 10.6. The smallest absolute Gasteiger partial charge is 0.325 e.